The molecule has 0 radical (unpaired) electrons. The molecule has 1 N–H and O–H groups in total. The van der Waals surface area contributed by atoms with Crippen molar-refractivity contribution in [1.82, 2.24) is 4.31 Å². The molecule has 1 fully saturated rings. The van der Waals surface area contributed by atoms with Crippen LogP contribution >= 0.6 is 11.6 Å². The Balaban J connectivity index is 2.20. The highest BCUT2D eigenvalue weighted by Gasteiger charge is 2.27. The number of halogens is 1. The van der Waals surface area contributed by atoms with E-state index in [-0.39, 0.29) is 4.90 Å². The lowest BCUT2D eigenvalue weighted by Gasteiger charge is -2.26. The first-order valence-electron chi connectivity index (χ1n) is 5.49. The summed E-state index contributed by atoms with van der Waals surface area (Å²) in [6, 6.07) is 6.10. The third-order valence-corrected chi connectivity index (χ3v) is 5.06. The van der Waals surface area contributed by atoms with Gasteiger partial charge in [0.1, 0.15) is 0 Å². The first-order chi connectivity index (χ1) is 8.54. The van der Waals surface area contributed by atoms with Crippen LogP contribution in [0.15, 0.2) is 34.3 Å². The first kappa shape index (κ1) is 13.3. The minimum absolute atomic E-state index is 0.233. The molecule has 1 aromatic rings. The Morgan fingerprint density at radius 3 is 2.22 bits per heavy atom. The van der Waals surface area contributed by atoms with E-state index in [2.05, 4.69) is 5.16 Å². The van der Waals surface area contributed by atoms with Crippen LogP contribution in [0.2, 0.25) is 5.02 Å². The van der Waals surface area contributed by atoms with E-state index in [4.69, 9.17) is 16.8 Å². The summed E-state index contributed by atoms with van der Waals surface area (Å²) in [7, 11) is -3.47. The molecule has 7 heteroatoms. The van der Waals surface area contributed by atoms with Crippen LogP contribution in [-0.4, -0.2) is 36.7 Å². The van der Waals surface area contributed by atoms with Crippen LogP contribution in [0.3, 0.4) is 0 Å². The third-order valence-electron chi connectivity index (χ3n) is 2.89. The highest BCUT2D eigenvalue weighted by atomic mass is 35.5. The van der Waals surface area contributed by atoms with Crippen LogP contribution in [0, 0.1) is 0 Å². The monoisotopic (exact) mass is 288 g/mol. The zero-order valence-corrected chi connectivity index (χ0v) is 11.2. The van der Waals surface area contributed by atoms with Gasteiger partial charge in [-0.15, -0.1) is 0 Å². The molecule has 0 atom stereocenters. The molecule has 2 rings (SSSR count). The van der Waals surface area contributed by atoms with Crippen LogP contribution in [0.4, 0.5) is 0 Å². The lowest BCUT2D eigenvalue weighted by atomic mass is 10.1. The molecule has 0 amide bonds. The summed E-state index contributed by atoms with van der Waals surface area (Å²) in [5, 5.41) is 12.3. The van der Waals surface area contributed by atoms with Gasteiger partial charge in [-0.05, 0) is 24.3 Å². The number of nitrogens with zero attached hydrogens (tertiary/aromatic N) is 2. The van der Waals surface area contributed by atoms with Crippen molar-refractivity contribution in [3.05, 3.63) is 29.3 Å². The molecule has 0 unspecified atom stereocenters. The summed E-state index contributed by atoms with van der Waals surface area (Å²) in [4.78, 5) is 0.233. The zero-order valence-electron chi connectivity index (χ0n) is 9.58. The van der Waals surface area contributed by atoms with Gasteiger partial charge < -0.3 is 5.21 Å². The van der Waals surface area contributed by atoms with Gasteiger partial charge >= 0.3 is 0 Å². The predicted molar refractivity (Wildman–Crippen MR) is 68.7 cm³/mol. The summed E-state index contributed by atoms with van der Waals surface area (Å²) in [5.41, 5.74) is 0.637. The minimum Gasteiger partial charge on any atom is -0.411 e. The van der Waals surface area contributed by atoms with Crippen LogP contribution in [0.5, 0.6) is 0 Å². The van der Waals surface area contributed by atoms with Gasteiger partial charge in [-0.2, -0.15) is 4.31 Å². The highest BCUT2D eigenvalue weighted by Crippen LogP contribution is 2.21. The molecule has 0 aliphatic carbocycles. The van der Waals surface area contributed by atoms with E-state index in [1.54, 1.807) is 12.1 Å². The van der Waals surface area contributed by atoms with Crippen molar-refractivity contribution >= 4 is 27.3 Å². The molecule has 98 valence electrons. The maximum absolute atomic E-state index is 12.3. The zero-order chi connectivity index (χ0) is 13.2. The standard InChI is InChI=1S/C11H13ClN2O3S/c12-9-1-3-11(4-2-9)18(16,17)14-7-5-10(13-15)6-8-14/h1-4,15H,5-8H2. The molecule has 1 heterocycles. The second-order valence-electron chi connectivity index (χ2n) is 4.02. The number of oxime groups is 1. The summed E-state index contributed by atoms with van der Waals surface area (Å²) in [6.45, 7) is 0.675. The van der Waals surface area contributed by atoms with Crippen molar-refractivity contribution in [3.63, 3.8) is 0 Å². The Kier molecular flexibility index (Phi) is 3.89. The normalized spacial score (nSPS) is 17.7. The van der Waals surface area contributed by atoms with Gasteiger partial charge in [0.05, 0.1) is 10.6 Å². The van der Waals surface area contributed by atoms with Gasteiger partial charge in [0.25, 0.3) is 0 Å². The molecule has 1 saturated heterocycles. The molecular weight excluding hydrogens is 276 g/mol. The summed E-state index contributed by atoms with van der Waals surface area (Å²) >= 11 is 5.73. The maximum Gasteiger partial charge on any atom is 0.243 e. The number of benzene rings is 1. The Morgan fingerprint density at radius 1 is 1.17 bits per heavy atom. The van der Waals surface area contributed by atoms with Crippen molar-refractivity contribution in [2.45, 2.75) is 17.7 Å². The van der Waals surface area contributed by atoms with E-state index < -0.39 is 10.0 Å². The minimum atomic E-state index is -3.47. The molecule has 1 aromatic carbocycles. The Bertz CT molecular complexity index is 544. The number of hydrogen-bond donors (Lipinski definition) is 1. The number of piperidine rings is 1. The fourth-order valence-corrected chi connectivity index (χ4v) is 3.41. The molecule has 0 saturated carbocycles. The van der Waals surface area contributed by atoms with Crippen molar-refractivity contribution in [3.8, 4) is 0 Å². The number of sulfonamides is 1. The Labute approximate surface area is 111 Å². The lowest BCUT2D eigenvalue weighted by molar-refractivity contribution is 0.310. The molecule has 0 spiro atoms. The van der Waals surface area contributed by atoms with Gasteiger partial charge in [-0.25, -0.2) is 8.42 Å². The third kappa shape index (κ3) is 2.66. The number of rotatable bonds is 2. The smallest absolute Gasteiger partial charge is 0.243 e. The van der Waals surface area contributed by atoms with Crippen LogP contribution in [0.1, 0.15) is 12.8 Å². The van der Waals surface area contributed by atoms with Gasteiger partial charge in [-0.3, -0.25) is 0 Å². The van der Waals surface area contributed by atoms with Crippen molar-refractivity contribution in [2.24, 2.45) is 5.16 Å². The van der Waals surface area contributed by atoms with Gasteiger partial charge in [0.2, 0.25) is 10.0 Å². The average Bonchev–Trinajstić information content (AvgIpc) is 2.39. The van der Waals surface area contributed by atoms with Gasteiger partial charge in [0, 0.05) is 31.0 Å². The summed E-state index contributed by atoms with van der Waals surface area (Å²) < 4.78 is 25.9. The van der Waals surface area contributed by atoms with Crippen LogP contribution in [-0.2, 0) is 10.0 Å². The quantitative estimate of drug-likeness (QED) is 0.668. The summed E-state index contributed by atoms with van der Waals surface area (Å²) in [5.74, 6) is 0. The van der Waals surface area contributed by atoms with Crippen LogP contribution in [0.25, 0.3) is 0 Å². The lowest BCUT2D eigenvalue weighted by Crippen LogP contribution is -2.38. The largest absolute Gasteiger partial charge is 0.411 e. The fraction of sp³-hybridized carbons (Fsp3) is 0.364. The molecule has 0 aromatic heterocycles. The Hall–Kier alpha value is -1.11. The van der Waals surface area contributed by atoms with E-state index in [9.17, 15) is 8.42 Å². The fourth-order valence-electron chi connectivity index (χ4n) is 1.84. The molecule has 18 heavy (non-hydrogen) atoms. The van der Waals surface area contributed by atoms with Gasteiger partial charge in [-0.1, -0.05) is 16.8 Å². The predicted octanol–water partition coefficient (Wildman–Crippen LogP) is 1.95. The SMILES string of the molecule is O=S(=O)(c1ccc(Cl)cc1)N1CCC(=NO)CC1. The maximum atomic E-state index is 12.3. The second kappa shape index (κ2) is 5.26. The van der Waals surface area contributed by atoms with Crippen molar-refractivity contribution in [2.75, 3.05) is 13.1 Å². The summed E-state index contributed by atoms with van der Waals surface area (Å²) in [6.07, 6.45) is 0.923. The van der Waals surface area contributed by atoms with E-state index in [1.807, 2.05) is 0 Å². The topological polar surface area (TPSA) is 70.0 Å². The van der Waals surface area contributed by atoms with Crippen molar-refractivity contribution < 1.29 is 13.6 Å². The van der Waals surface area contributed by atoms with E-state index in [0.717, 1.165) is 0 Å². The van der Waals surface area contributed by atoms with E-state index in [0.29, 0.717) is 36.7 Å². The van der Waals surface area contributed by atoms with Crippen LogP contribution < -0.4 is 0 Å². The van der Waals surface area contributed by atoms with Gasteiger partial charge in [0.15, 0.2) is 0 Å². The first-order valence-corrected chi connectivity index (χ1v) is 7.31. The van der Waals surface area contributed by atoms with E-state index in [1.165, 1.54) is 16.4 Å². The molecule has 1 aliphatic rings. The van der Waals surface area contributed by atoms with Crippen molar-refractivity contribution in [1.29, 1.82) is 0 Å². The molecule has 1 aliphatic heterocycles. The molecular formula is C11H13ClN2O3S. The average molecular weight is 289 g/mol. The number of hydrogen-bond acceptors (Lipinski definition) is 4. The van der Waals surface area contributed by atoms with E-state index >= 15 is 0 Å². The highest BCUT2D eigenvalue weighted by molar-refractivity contribution is 7.89. The second-order valence-corrected chi connectivity index (χ2v) is 6.40. The Morgan fingerprint density at radius 2 is 1.72 bits per heavy atom. The molecule has 0 bridgehead atoms. The molecule has 5 nitrogen and oxygen atoms in total.